The van der Waals surface area contributed by atoms with Gasteiger partial charge in [-0.1, -0.05) is 19.1 Å². The monoisotopic (exact) mass is 372 g/mol. The van der Waals surface area contributed by atoms with Gasteiger partial charge in [0, 0.05) is 50.9 Å². The Morgan fingerprint density at radius 2 is 1.93 bits per heavy atom. The molecule has 6 heteroatoms. The highest BCUT2D eigenvalue weighted by Gasteiger charge is 2.26. The predicted molar refractivity (Wildman–Crippen MR) is 108 cm³/mol. The Morgan fingerprint density at radius 3 is 2.63 bits per heavy atom. The minimum Gasteiger partial charge on any atom is -0.368 e. The SMILES string of the molecule is CCC(=O)NC1CCCN(CC(=O)N2CCN(c3cccc(C)c3)CC2)C1. The number of benzene rings is 1. The van der Waals surface area contributed by atoms with Crippen LogP contribution < -0.4 is 10.2 Å². The number of hydrogen-bond donors (Lipinski definition) is 1. The minimum absolute atomic E-state index is 0.0976. The van der Waals surface area contributed by atoms with E-state index in [2.05, 4.69) is 46.3 Å². The van der Waals surface area contributed by atoms with E-state index in [0.717, 1.165) is 52.1 Å². The molecule has 1 N–H and O–H groups in total. The van der Waals surface area contributed by atoms with Gasteiger partial charge in [-0.05, 0) is 44.0 Å². The lowest BCUT2D eigenvalue weighted by Gasteiger charge is -2.38. The Bertz CT molecular complexity index is 655. The molecule has 27 heavy (non-hydrogen) atoms. The number of nitrogens with zero attached hydrogens (tertiary/aromatic N) is 3. The van der Waals surface area contributed by atoms with E-state index in [0.29, 0.717) is 13.0 Å². The molecule has 2 fully saturated rings. The van der Waals surface area contributed by atoms with Crippen LogP contribution >= 0.6 is 0 Å². The fourth-order valence-electron chi connectivity index (χ4n) is 3.98. The lowest BCUT2D eigenvalue weighted by Crippen LogP contribution is -2.54. The zero-order valence-electron chi connectivity index (χ0n) is 16.6. The molecular weight excluding hydrogens is 340 g/mol. The highest BCUT2D eigenvalue weighted by molar-refractivity contribution is 5.79. The van der Waals surface area contributed by atoms with Crippen molar-refractivity contribution in [1.82, 2.24) is 15.1 Å². The number of rotatable bonds is 5. The van der Waals surface area contributed by atoms with Crippen LogP contribution in [0.2, 0.25) is 0 Å². The van der Waals surface area contributed by atoms with Crippen molar-refractivity contribution < 1.29 is 9.59 Å². The van der Waals surface area contributed by atoms with Gasteiger partial charge in [-0.3, -0.25) is 14.5 Å². The Labute approximate surface area is 162 Å². The van der Waals surface area contributed by atoms with Crippen LogP contribution in [0.3, 0.4) is 0 Å². The third kappa shape index (κ3) is 5.45. The van der Waals surface area contributed by atoms with Crippen LogP contribution in [0.1, 0.15) is 31.7 Å². The number of hydrogen-bond acceptors (Lipinski definition) is 4. The van der Waals surface area contributed by atoms with Gasteiger partial charge in [0.15, 0.2) is 0 Å². The molecule has 0 saturated carbocycles. The van der Waals surface area contributed by atoms with Crippen LogP contribution in [0.25, 0.3) is 0 Å². The number of piperidine rings is 1. The van der Waals surface area contributed by atoms with Crippen LogP contribution in [-0.4, -0.2) is 73.5 Å². The van der Waals surface area contributed by atoms with Crippen LogP contribution in [0.15, 0.2) is 24.3 Å². The lowest BCUT2D eigenvalue weighted by atomic mass is 10.1. The van der Waals surface area contributed by atoms with Gasteiger partial charge < -0.3 is 15.1 Å². The topological polar surface area (TPSA) is 55.9 Å². The smallest absolute Gasteiger partial charge is 0.236 e. The summed E-state index contributed by atoms with van der Waals surface area (Å²) >= 11 is 0. The van der Waals surface area contributed by atoms with Crippen molar-refractivity contribution in [2.24, 2.45) is 0 Å². The fraction of sp³-hybridized carbons (Fsp3) is 0.619. The van der Waals surface area contributed by atoms with E-state index < -0.39 is 0 Å². The van der Waals surface area contributed by atoms with Crippen molar-refractivity contribution in [3.05, 3.63) is 29.8 Å². The number of aryl methyl sites for hydroxylation is 1. The first-order valence-corrected chi connectivity index (χ1v) is 10.2. The molecule has 148 valence electrons. The highest BCUT2D eigenvalue weighted by Crippen LogP contribution is 2.18. The maximum absolute atomic E-state index is 12.7. The van der Waals surface area contributed by atoms with Gasteiger partial charge in [-0.15, -0.1) is 0 Å². The third-order valence-corrected chi connectivity index (χ3v) is 5.55. The molecule has 0 radical (unpaired) electrons. The number of piperazine rings is 1. The minimum atomic E-state index is 0.0976. The average Bonchev–Trinajstić information content (AvgIpc) is 2.68. The van der Waals surface area contributed by atoms with E-state index in [1.165, 1.54) is 11.3 Å². The Balaban J connectivity index is 1.46. The molecule has 2 heterocycles. The van der Waals surface area contributed by atoms with Crippen molar-refractivity contribution in [1.29, 1.82) is 0 Å². The third-order valence-electron chi connectivity index (χ3n) is 5.55. The molecule has 0 bridgehead atoms. The Morgan fingerprint density at radius 1 is 1.15 bits per heavy atom. The highest BCUT2D eigenvalue weighted by atomic mass is 16.2. The summed E-state index contributed by atoms with van der Waals surface area (Å²) in [5.41, 5.74) is 2.51. The molecule has 3 rings (SSSR count). The normalized spacial score (nSPS) is 21.2. The van der Waals surface area contributed by atoms with Crippen LogP contribution in [-0.2, 0) is 9.59 Å². The Hall–Kier alpha value is -2.08. The number of likely N-dealkylation sites (tertiary alicyclic amines) is 1. The van der Waals surface area contributed by atoms with Crippen molar-refractivity contribution >= 4 is 17.5 Å². The summed E-state index contributed by atoms with van der Waals surface area (Å²) in [4.78, 5) is 30.9. The van der Waals surface area contributed by atoms with Gasteiger partial charge in [0.1, 0.15) is 0 Å². The van der Waals surface area contributed by atoms with Crippen molar-refractivity contribution in [2.75, 3.05) is 50.7 Å². The fourth-order valence-corrected chi connectivity index (χ4v) is 3.98. The zero-order valence-corrected chi connectivity index (χ0v) is 16.6. The molecule has 6 nitrogen and oxygen atoms in total. The maximum Gasteiger partial charge on any atom is 0.236 e. The second kappa shape index (κ2) is 9.22. The van der Waals surface area contributed by atoms with Crippen LogP contribution in [0, 0.1) is 6.92 Å². The first-order chi connectivity index (χ1) is 13.0. The van der Waals surface area contributed by atoms with Gasteiger partial charge >= 0.3 is 0 Å². The van der Waals surface area contributed by atoms with E-state index in [4.69, 9.17) is 0 Å². The molecule has 2 aliphatic rings. The molecule has 1 aromatic rings. The summed E-state index contributed by atoms with van der Waals surface area (Å²) in [6.45, 7) is 9.47. The van der Waals surface area contributed by atoms with E-state index in [1.54, 1.807) is 0 Å². The molecule has 0 spiro atoms. The van der Waals surface area contributed by atoms with E-state index in [1.807, 2.05) is 11.8 Å². The van der Waals surface area contributed by atoms with Gasteiger partial charge in [-0.2, -0.15) is 0 Å². The van der Waals surface area contributed by atoms with E-state index in [-0.39, 0.29) is 17.9 Å². The predicted octanol–water partition coefficient (Wildman–Crippen LogP) is 1.63. The van der Waals surface area contributed by atoms with Gasteiger partial charge in [0.05, 0.1) is 6.54 Å². The molecule has 1 atom stereocenters. The van der Waals surface area contributed by atoms with E-state index in [9.17, 15) is 9.59 Å². The molecule has 1 unspecified atom stereocenters. The molecule has 2 saturated heterocycles. The summed E-state index contributed by atoms with van der Waals surface area (Å²) in [6.07, 6.45) is 2.55. The second-order valence-corrected chi connectivity index (χ2v) is 7.70. The molecule has 0 aromatic heterocycles. The van der Waals surface area contributed by atoms with Gasteiger partial charge in [-0.25, -0.2) is 0 Å². The summed E-state index contributed by atoms with van der Waals surface area (Å²) in [5.74, 6) is 0.307. The molecule has 0 aliphatic carbocycles. The number of amides is 2. The molecular formula is C21H32N4O2. The van der Waals surface area contributed by atoms with Crippen molar-refractivity contribution in [2.45, 2.75) is 39.2 Å². The number of carbonyl (C=O) groups excluding carboxylic acids is 2. The Kier molecular flexibility index (Phi) is 6.72. The van der Waals surface area contributed by atoms with Gasteiger partial charge in [0.25, 0.3) is 0 Å². The van der Waals surface area contributed by atoms with Crippen molar-refractivity contribution in [3.8, 4) is 0 Å². The number of carbonyl (C=O) groups is 2. The average molecular weight is 373 g/mol. The zero-order chi connectivity index (χ0) is 19.2. The number of anilines is 1. The van der Waals surface area contributed by atoms with E-state index >= 15 is 0 Å². The first kappa shape index (κ1) is 19.7. The van der Waals surface area contributed by atoms with Crippen LogP contribution in [0.4, 0.5) is 5.69 Å². The summed E-state index contributed by atoms with van der Waals surface area (Å²) in [6, 6.07) is 8.72. The summed E-state index contributed by atoms with van der Waals surface area (Å²) in [5, 5.41) is 3.07. The maximum atomic E-state index is 12.7. The molecule has 2 aliphatic heterocycles. The summed E-state index contributed by atoms with van der Waals surface area (Å²) < 4.78 is 0. The summed E-state index contributed by atoms with van der Waals surface area (Å²) in [7, 11) is 0. The standard InChI is InChI=1S/C21H32N4O2/c1-3-20(26)22-18-7-5-9-23(15-18)16-21(27)25-12-10-24(11-13-25)19-8-4-6-17(2)14-19/h4,6,8,14,18H,3,5,7,9-13,15-16H2,1-2H3,(H,22,26). The molecule has 2 amide bonds. The first-order valence-electron chi connectivity index (χ1n) is 10.2. The van der Waals surface area contributed by atoms with Gasteiger partial charge in [0.2, 0.25) is 11.8 Å². The van der Waals surface area contributed by atoms with Crippen LogP contribution in [0.5, 0.6) is 0 Å². The largest absolute Gasteiger partial charge is 0.368 e. The van der Waals surface area contributed by atoms with Crippen molar-refractivity contribution in [3.63, 3.8) is 0 Å². The molecule has 1 aromatic carbocycles. The second-order valence-electron chi connectivity index (χ2n) is 7.70. The lowest BCUT2D eigenvalue weighted by molar-refractivity contribution is -0.133. The number of nitrogens with one attached hydrogen (secondary N) is 1. The quantitative estimate of drug-likeness (QED) is 0.854.